The smallest absolute Gasteiger partial charge is 0.422 e. The first-order valence-corrected chi connectivity index (χ1v) is 11.3. The summed E-state index contributed by atoms with van der Waals surface area (Å²) in [5.74, 6) is 0.0749. The Bertz CT molecular complexity index is 1150. The van der Waals surface area contributed by atoms with Gasteiger partial charge < -0.3 is 14.2 Å². The molecule has 6 nitrogen and oxygen atoms in total. The SMILES string of the molecule is CC1(COc2ccc(Cl)cc2C=C2C(=O)N(C(=O)OC(C)(C)C)c3cc(Cl)ccc32)COC1. The Hall–Kier alpha value is -2.54. The number of anilines is 1. The van der Waals surface area contributed by atoms with Crippen molar-refractivity contribution in [2.24, 2.45) is 5.41 Å². The molecule has 0 N–H and O–H groups in total. The van der Waals surface area contributed by atoms with E-state index in [0.717, 1.165) is 4.90 Å². The third-order valence-corrected chi connectivity index (χ3v) is 5.72. The van der Waals surface area contributed by atoms with Crippen LogP contribution in [0, 0.1) is 5.41 Å². The quantitative estimate of drug-likeness (QED) is 0.476. The molecular weight excluding hydrogens is 465 g/mol. The fourth-order valence-electron chi connectivity index (χ4n) is 3.60. The van der Waals surface area contributed by atoms with Crippen LogP contribution in [-0.4, -0.2) is 37.4 Å². The maximum Gasteiger partial charge on any atom is 0.422 e. The van der Waals surface area contributed by atoms with Gasteiger partial charge in [0.25, 0.3) is 5.91 Å². The summed E-state index contributed by atoms with van der Waals surface area (Å²) in [6, 6.07) is 10.2. The summed E-state index contributed by atoms with van der Waals surface area (Å²) < 4.78 is 16.8. The molecule has 1 fully saturated rings. The number of imide groups is 1. The van der Waals surface area contributed by atoms with Crippen LogP contribution in [0.25, 0.3) is 11.6 Å². The minimum Gasteiger partial charge on any atom is -0.492 e. The van der Waals surface area contributed by atoms with Crippen LogP contribution in [0.1, 0.15) is 38.8 Å². The number of ether oxygens (including phenoxy) is 3. The van der Waals surface area contributed by atoms with Gasteiger partial charge in [-0.3, -0.25) is 4.79 Å². The summed E-state index contributed by atoms with van der Waals surface area (Å²) >= 11 is 12.4. The first kappa shape index (κ1) is 23.6. The molecule has 2 aromatic rings. The fraction of sp³-hybridized carbons (Fsp3) is 0.360. The molecule has 33 heavy (non-hydrogen) atoms. The monoisotopic (exact) mass is 489 g/mol. The first-order valence-electron chi connectivity index (χ1n) is 10.5. The number of amides is 2. The molecule has 2 heterocycles. The van der Waals surface area contributed by atoms with E-state index < -0.39 is 17.6 Å². The molecule has 0 saturated carbocycles. The van der Waals surface area contributed by atoms with Crippen LogP contribution in [0.4, 0.5) is 10.5 Å². The first-order chi connectivity index (χ1) is 15.5. The zero-order valence-electron chi connectivity index (χ0n) is 18.9. The van der Waals surface area contributed by atoms with Crippen LogP contribution in [0.5, 0.6) is 5.75 Å². The molecule has 8 heteroatoms. The Kier molecular flexibility index (Phi) is 6.20. The van der Waals surface area contributed by atoms with Crippen molar-refractivity contribution in [3.63, 3.8) is 0 Å². The van der Waals surface area contributed by atoms with Crippen LogP contribution in [0.15, 0.2) is 36.4 Å². The molecule has 0 spiro atoms. The van der Waals surface area contributed by atoms with Gasteiger partial charge in [0.2, 0.25) is 0 Å². The van der Waals surface area contributed by atoms with Crippen LogP contribution in [0.2, 0.25) is 10.0 Å². The van der Waals surface area contributed by atoms with Crippen molar-refractivity contribution in [1.82, 2.24) is 0 Å². The van der Waals surface area contributed by atoms with Gasteiger partial charge in [0.15, 0.2) is 0 Å². The topological polar surface area (TPSA) is 65.1 Å². The summed E-state index contributed by atoms with van der Waals surface area (Å²) in [6.07, 6.45) is 0.917. The fourth-order valence-corrected chi connectivity index (χ4v) is 3.94. The third-order valence-electron chi connectivity index (χ3n) is 5.25. The lowest BCUT2D eigenvalue weighted by atomic mass is 9.90. The van der Waals surface area contributed by atoms with E-state index >= 15 is 0 Å². The second kappa shape index (κ2) is 8.67. The van der Waals surface area contributed by atoms with Gasteiger partial charge in [0.05, 0.1) is 31.1 Å². The average molecular weight is 490 g/mol. The highest BCUT2D eigenvalue weighted by Crippen LogP contribution is 2.41. The van der Waals surface area contributed by atoms with Crippen LogP contribution >= 0.6 is 23.2 Å². The van der Waals surface area contributed by atoms with Crippen molar-refractivity contribution in [2.75, 3.05) is 24.7 Å². The summed E-state index contributed by atoms with van der Waals surface area (Å²) in [6.45, 7) is 9.04. The lowest BCUT2D eigenvalue weighted by Crippen LogP contribution is -2.44. The maximum absolute atomic E-state index is 13.4. The number of fused-ring (bicyclic) bond motifs is 1. The molecule has 1 saturated heterocycles. The highest BCUT2D eigenvalue weighted by molar-refractivity contribution is 6.42. The normalized spacial score (nSPS) is 18.2. The molecule has 0 aromatic heterocycles. The Labute approximate surface area is 203 Å². The van der Waals surface area contributed by atoms with E-state index in [4.69, 9.17) is 37.4 Å². The highest BCUT2D eigenvalue weighted by atomic mass is 35.5. The average Bonchev–Trinajstić information content (AvgIpc) is 2.95. The lowest BCUT2D eigenvalue weighted by Gasteiger charge is -2.37. The molecule has 2 aliphatic heterocycles. The maximum atomic E-state index is 13.4. The second-order valence-electron chi connectivity index (χ2n) is 9.61. The van der Waals surface area contributed by atoms with E-state index in [2.05, 4.69) is 6.92 Å². The minimum atomic E-state index is -0.766. The number of nitrogens with zero attached hydrogens (tertiary/aromatic N) is 1. The highest BCUT2D eigenvalue weighted by Gasteiger charge is 2.39. The number of halogens is 2. The van der Waals surface area contributed by atoms with E-state index in [1.807, 2.05) is 0 Å². The van der Waals surface area contributed by atoms with Gasteiger partial charge in [0.1, 0.15) is 11.4 Å². The Morgan fingerprint density at radius 2 is 1.82 bits per heavy atom. The number of rotatable bonds is 4. The van der Waals surface area contributed by atoms with Crippen molar-refractivity contribution >= 4 is 52.5 Å². The zero-order valence-corrected chi connectivity index (χ0v) is 20.4. The van der Waals surface area contributed by atoms with E-state index in [0.29, 0.717) is 58.0 Å². The zero-order chi connectivity index (χ0) is 24.0. The van der Waals surface area contributed by atoms with Crippen molar-refractivity contribution in [3.8, 4) is 5.75 Å². The minimum absolute atomic E-state index is 0.0515. The van der Waals surface area contributed by atoms with Crippen molar-refractivity contribution in [3.05, 3.63) is 57.6 Å². The van der Waals surface area contributed by atoms with E-state index in [-0.39, 0.29) is 5.41 Å². The molecular formula is C25H25Cl2NO5. The number of carbonyl (C=O) groups is 2. The molecule has 4 rings (SSSR count). The van der Waals surface area contributed by atoms with Gasteiger partial charge in [-0.2, -0.15) is 0 Å². The molecule has 0 unspecified atom stereocenters. The van der Waals surface area contributed by atoms with E-state index in [1.165, 1.54) is 0 Å². The van der Waals surface area contributed by atoms with Gasteiger partial charge in [0, 0.05) is 26.6 Å². The summed E-state index contributed by atoms with van der Waals surface area (Å²) in [5.41, 5.74) is 1.07. The van der Waals surface area contributed by atoms with Crippen LogP contribution in [-0.2, 0) is 14.3 Å². The Balaban J connectivity index is 1.73. The van der Waals surface area contributed by atoms with Crippen molar-refractivity contribution in [1.29, 1.82) is 0 Å². The molecule has 0 atom stereocenters. The number of hydrogen-bond donors (Lipinski definition) is 0. The van der Waals surface area contributed by atoms with E-state index in [1.54, 1.807) is 63.2 Å². The molecule has 0 bridgehead atoms. The third kappa shape index (κ3) is 5.03. The van der Waals surface area contributed by atoms with E-state index in [9.17, 15) is 9.59 Å². The molecule has 2 aromatic carbocycles. The molecule has 0 radical (unpaired) electrons. The largest absolute Gasteiger partial charge is 0.492 e. The van der Waals surface area contributed by atoms with Gasteiger partial charge in [-0.1, -0.05) is 36.2 Å². The summed E-state index contributed by atoms with van der Waals surface area (Å²) in [7, 11) is 0. The van der Waals surface area contributed by atoms with Crippen molar-refractivity contribution < 1.29 is 23.8 Å². The van der Waals surface area contributed by atoms with Crippen LogP contribution in [0.3, 0.4) is 0 Å². The standard InChI is InChI=1S/C25H25Cl2NO5/c1-24(2,3)33-23(30)28-20-11-17(27)5-7-18(20)19(22(28)29)10-15-9-16(26)6-8-21(15)32-14-25(4)12-31-13-25/h5-11H,12-14H2,1-4H3. The number of benzene rings is 2. The molecule has 2 aliphatic rings. The summed E-state index contributed by atoms with van der Waals surface area (Å²) in [5, 5.41) is 0.900. The van der Waals surface area contributed by atoms with Gasteiger partial charge >= 0.3 is 6.09 Å². The lowest BCUT2D eigenvalue weighted by molar-refractivity contribution is -0.120. The molecule has 0 aliphatic carbocycles. The van der Waals surface area contributed by atoms with Gasteiger partial charge in [-0.25, -0.2) is 9.69 Å². The van der Waals surface area contributed by atoms with Gasteiger partial charge in [-0.15, -0.1) is 0 Å². The number of hydrogen-bond acceptors (Lipinski definition) is 5. The predicted octanol–water partition coefficient (Wildman–Crippen LogP) is 6.23. The van der Waals surface area contributed by atoms with Crippen LogP contribution < -0.4 is 9.64 Å². The van der Waals surface area contributed by atoms with Crippen molar-refractivity contribution in [2.45, 2.75) is 33.3 Å². The molecule has 174 valence electrons. The molecule has 2 amide bonds. The summed E-state index contributed by atoms with van der Waals surface area (Å²) in [4.78, 5) is 27.3. The Morgan fingerprint density at radius 3 is 2.45 bits per heavy atom. The number of carbonyl (C=O) groups excluding carboxylic acids is 2. The predicted molar refractivity (Wildman–Crippen MR) is 129 cm³/mol. The second-order valence-corrected chi connectivity index (χ2v) is 10.5. The van der Waals surface area contributed by atoms with Gasteiger partial charge in [-0.05, 0) is 57.2 Å². The Morgan fingerprint density at radius 1 is 1.15 bits per heavy atom.